The van der Waals surface area contributed by atoms with E-state index in [0.717, 1.165) is 6.61 Å². The fraction of sp³-hybridized carbons (Fsp3) is 0.444. The van der Waals surface area contributed by atoms with Crippen LogP contribution in [0.5, 0.6) is 0 Å². The standard InChI is InChI=1S/C9H13NO/c1-3-8(9-7-11-9)5-4-6-10-2/h3-6,9H,7H2,1-2H3/b5-4-,8-3-,10-6-/t9-/m0/s1. The van der Waals surface area contributed by atoms with Crippen molar-refractivity contribution in [3.05, 3.63) is 23.8 Å². The molecular formula is C9H13NO. The van der Waals surface area contributed by atoms with Crippen molar-refractivity contribution in [1.82, 2.24) is 0 Å². The Bertz CT molecular complexity index is 200. The first kappa shape index (κ1) is 8.21. The maximum Gasteiger partial charge on any atom is 0.106 e. The van der Waals surface area contributed by atoms with Gasteiger partial charge in [-0.25, -0.2) is 0 Å². The van der Waals surface area contributed by atoms with Crippen LogP contribution < -0.4 is 0 Å². The summed E-state index contributed by atoms with van der Waals surface area (Å²) in [4.78, 5) is 3.84. The highest BCUT2D eigenvalue weighted by molar-refractivity contribution is 5.71. The summed E-state index contributed by atoms with van der Waals surface area (Å²) in [5, 5.41) is 0. The molecule has 0 saturated carbocycles. The molecule has 2 heteroatoms. The SMILES string of the molecule is C/C=C(/C=C\C=N/C)[C@@H]1CO1. The van der Waals surface area contributed by atoms with Crippen molar-refractivity contribution in [3.8, 4) is 0 Å². The third kappa shape index (κ3) is 2.68. The van der Waals surface area contributed by atoms with Gasteiger partial charge in [-0.05, 0) is 18.6 Å². The van der Waals surface area contributed by atoms with Gasteiger partial charge in [0.15, 0.2) is 0 Å². The average Bonchev–Trinajstić information content (AvgIpc) is 2.81. The molecule has 1 fully saturated rings. The Labute approximate surface area is 67.3 Å². The van der Waals surface area contributed by atoms with Crippen LogP contribution in [0.4, 0.5) is 0 Å². The Hall–Kier alpha value is -0.890. The minimum absolute atomic E-state index is 0.349. The summed E-state index contributed by atoms with van der Waals surface area (Å²) in [6, 6.07) is 0. The molecule has 0 bridgehead atoms. The van der Waals surface area contributed by atoms with Gasteiger partial charge in [0.1, 0.15) is 6.10 Å². The van der Waals surface area contributed by atoms with Crippen molar-refractivity contribution in [2.24, 2.45) is 4.99 Å². The van der Waals surface area contributed by atoms with Crippen LogP contribution in [-0.2, 0) is 4.74 Å². The molecule has 0 amide bonds. The molecule has 0 aromatic heterocycles. The largest absolute Gasteiger partial charge is 0.368 e. The molecule has 0 aliphatic carbocycles. The number of epoxide rings is 1. The topological polar surface area (TPSA) is 24.9 Å². The minimum Gasteiger partial charge on any atom is -0.368 e. The maximum absolute atomic E-state index is 5.13. The van der Waals surface area contributed by atoms with Crippen LogP contribution in [0.1, 0.15) is 6.92 Å². The Morgan fingerprint density at radius 1 is 1.64 bits per heavy atom. The summed E-state index contributed by atoms with van der Waals surface area (Å²) >= 11 is 0. The molecule has 0 aromatic rings. The molecule has 11 heavy (non-hydrogen) atoms. The highest BCUT2D eigenvalue weighted by atomic mass is 16.6. The summed E-state index contributed by atoms with van der Waals surface area (Å²) in [6.45, 7) is 2.89. The van der Waals surface area contributed by atoms with E-state index >= 15 is 0 Å². The van der Waals surface area contributed by atoms with Gasteiger partial charge in [0, 0.05) is 13.3 Å². The molecule has 1 aliphatic rings. The molecule has 2 nitrogen and oxygen atoms in total. The third-order valence-electron chi connectivity index (χ3n) is 1.56. The fourth-order valence-electron chi connectivity index (χ4n) is 0.870. The number of ether oxygens (including phenoxy) is 1. The maximum atomic E-state index is 5.13. The molecule has 0 aromatic carbocycles. The van der Waals surface area contributed by atoms with Crippen LogP contribution in [0.3, 0.4) is 0 Å². The summed E-state index contributed by atoms with van der Waals surface area (Å²) in [6.07, 6.45) is 8.15. The molecule has 60 valence electrons. The van der Waals surface area contributed by atoms with E-state index in [9.17, 15) is 0 Å². The highest BCUT2D eigenvalue weighted by Crippen LogP contribution is 2.19. The number of hydrogen-bond acceptors (Lipinski definition) is 2. The number of allylic oxidation sites excluding steroid dienone is 2. The predicted octanol–water partition coefficient (Wildman–Crippen LogP) is 1.59. The number of aliphatic imine (C=N–C) groups is 1. The average molecular weight is 151 g/mol. The van der Waals surface area contributed by atoms with Crippen molar-refractivity contribution in [3.63, 3.8) is 0 Å². The lowest BCUT2D eigenvalue weighted by Gasteiger charge is -1.90. The van der Waals surface area contributed by atoms with Gasteiger partial charge in [-0.15, -0.1) is 0 Å². The van der Waals surface area contributed by atoms with E-state index in [-0.39, 0.29) is 0 Å². The van der Waals surface area contributed by atoms with Gasteiger partial charge >= 0.3 is 0 Å². The molecule has 1 saturated heterocycles. The van der Waals surface area contributed by atoms with Crippen LogP contribution in [0.2, 0.25) is 0 Å². The molecule has 1 rings (SSSR count). The minimum atomic E-state index is 0.349. The Morgan fingerprint density at radius 2 is 2.36 bits per heavy atom. The number of nitrogens with zero attached hydrogens (tertiary/aromatic N) is 1. The van der Waals surface area contributed by atoms with Gasteiger partial charge in [-0.1, -0.05) is 12.2 Å². The van der Waals surface area contributed by atoms with Crippen LogP contribution >= 0.6 is 0 Å². The predicted molar refractivity (Wildman–Crippen MR) is 47.1 cm³/mol. The van der Waals surface area contributed by atoms with Crippen molar-refractivity contribution < 1.29 is 4.74 Å². The second-order valence-electron chi connectivity index (χ2n) is 2.38. The van der Waals surface area contributed by atoms with Crippen molar-refractivity contribution in [1.29, 1.82) is 0 Å². The van der Waals surface area contributed by atoms with E-state index in [1.807, 2.05) is 19.1 Å². The lowest BCUT2D eigenvalue weighted by Crippen LogP contribution is -1.87. The molecule has 0 N–H and O–H groups in total. The van der Waals surface area contributed by atoms with E-state index in [4.69, 9.17) is 4.74 Å². The molecule has 0 unspecified atom stereocenters. The Balaban J connectivity index is 2.43. The Kier molecular flexibility index (Phi) is 3.05. The third-order valence-corrected chi connectivity index (χ3v) is 1.56. The van der Waals surface area contributed by atoms with Gasteiger partial charge in [0.2, 0.25) is 0 Å². The Morgan fingerprint density at radius 3 is 2.82 bits per heavy atom. The van der Waals surface area contributed by atoms with Gasteiger partial charge in [-0.2, -0.15) is 0 Å². The first-order valence-corrected chi connectivity index (χ1v) is 3.75. The lowest BCUT2D eigenvalue weighted by molar-refractivity contribution is 0.434. The van der Waals surface area contributed by atoms with Gasteiger partial charge < -0.3 is 4.74 Å². The van der Waals surface area contributed by atoms with E-state index < -0.39 is 0 Å². The van der Waals surface area contributed by atoms with Crippen LogP contribution in [-0.4, -0.2) is 26.0 Å². The van der Waals surface area contributed by atoms with Crippen molar-refractivity contribution >= 4 is 6.21 Å². The molecule has 1 atom stereocenters. The van der Waals surface area contributed by atoms with Crippen molar-refractivity contribution in [2.75, 3.05) is 13.7 Å². The zero-order chi connectivity index (χ0) is 8.10. The van der Waals surface area contributed by atoms with E-state index in [1.165, 1.54) is 5.57 Å². The van der Waals surface area contributed by atoms with E-state index in [0.29, 0.717) is 6.10 Å². The quantitative estimate of drug-likeness (QED) is 0.341. The smallest absolute Gasteiger partial charge is 0.106 e. The second-order valence-corrected chi connectivity index (χ2v) is 2.38. The summed E-state index contributed by atoms with van der Waals surface area (Å²) in [5.74, 6) is 0. The van der Waals surface area contributed by atoms with E-state index in [1.54, 1.807) is 13.3 Å². The second kappa shape index (κ2) is 4.09. The molecule has 1 aliphatic heterocycles. The van der Waals surface area contributed by atoms with Crippen molar-refractivity contribution in [2.45, 2.75) is 13.0 Å². The van der Waals surface area contributed by atoms with Gasteiger partial charge in [0.05, 0.1) is 6.61 Å². The highest BCUT2D eigenvalue weighted by Gasteiger charge is 2.24. The summed E-state index contributed by atoms with van der Waals surface area (Å²) < 4.78 is 5.13. The first-order valence-electron chi connectivity index (χ1n) is 3.75. The normalized spacial score (nSPS) is 25.3. The molecular weight excluding hydrogens is 138 g/mol. The van der Waals surface area contributed by atoms with Crippen LogP contribution in [0, 0.1) is 0 Å². The van der Waals surface area contributed by atoms with Crippen LogP contribution in [0.15, 0.2) is 28.8 Å². The van der Waals surface area contributed by atoms with Gasteiger partial charge in [0.25, 0.3) is 0 Å². The number of hydrogen-bond donors (Lipinski definition) is 0. The summed E-state index contributed by atoms with van der Waals surface area (Å²) in [5.41, 5.74) is 1.24. The summed E-state index contributed by atoms with van der Waals surface area (Å²) in [7, 11) is 1.76. The zero-order valence-corrected chi connectivity index (χ0v) is 6.95. The molecule has 0 spiro atoms. The van der Waals surface area contributed by atoms with Crippen LogP contribution in [0.25, 0.3) is 0 Å². The van der Waals surface area contributed by atoms with Gasteiger partial charge in [-0.3, -0.25) is 4.99 Å². The fourth-order valence-corrected chi connectivity index (χ4v) is 0.870. The molecule has 0 radical (unpaired) electrons. The monoisotopic (exact) mass is 151 g/mol. The zero-order valence-electron chi connectivity index (χ0n) is 6.95. The number of rotatable bonds is 3. The molecule has 1 heterocycles. The lowest BCUT2D eigenvalue weighted by atomic mass is 10.2. The van der Waals surface area contributed by atoms with E-state index in [2.05, 4.69) is 11.1 Å². The first-order chi connectivity index (χ1) is 5.38.